The summed E-state index contributed by atoms with van der Waals surface area (Å²) in [5.74, 6) is 0.848. The van der Waals surface area contributed by atoms with Gasteiger partial charge in [0.15, 0.2) is 0 Å². The van der Waals surface area contributed by atoms with Crippen molar-refractivity contribution in [3.05, 3.63) is 72.9 Å². The maximum absolute atomic E-state index is 5.08. The topological polar surface area (TPSA) is 22.1 Å². The highest BCUT2D eigenvalue weighted by molar-refractivity contribution is 5.79. The molecule has 90 valence electrons. The molecule has 3 aromatic rings. The molecule has 2 heteroatoms. The van der Waals surface area contributed by atoms with Gasteiger partial charge in [-0.3, -0.25) is 4.98 Å². The van der Waals surface area contributed by atoms with Crippen molar-refractivity contribution in [1.29, 1.82) is 0 Å². The van der Waals surface area contributed by atoms with Gasteiger partial charge in [-0.25, -0.2) is 0 Å². The van der Waals surface area contributed by atoms with Crippen molar-refractivity contribution < 1.29 is 4.74 Å². The fraction of sp³-hybridized carbons (Fsp3) is 0.0625. The maximum atomic E-state index is 5.08. The number of rotatable bonds is 1. The van der Waals surface area contributed by atoms with E-state index in [2.05, 4.69) is 4.98 Å². The fourth-order valence-electron chi connectivity index (χ4n) is 1.56. The number of benzene rings is 2. The van der Waals surface area contributed by atoms with E-state index in [0.717, 1.165) is 16.7 Å². The Kier molecular flexibility index (Phi) is 4.31. The van der Waals surface area contributed by atoms with E-state index < -0.39 is 0 Å². The molecule has 0 fully saturated rings. The maximum Gasteiger partial charge on any atom is 0.121 e. The largest absolute Gasteiger partial charge is 0.497 e. The number of hydrogen-bond donors (Lipinski definition) is 0. The van der Waals surface area contributed by atoms with E-state index in [9.17, 15) is 0 Å². The van der Waals surface area contributed by atoms with Crippen molar-refractivity contribution in [2.45, 2.75) is 0 Å². The van der Waals surface area contributed by atoms with Gasteiger partial charge in [0.2, 0.25) is 0 Å². The number of aromatic nitrogens is 1. The van der Waals surface area contributed by atoms with Gasteiger partial charge in [0.05, 0.1) is 12.6 Å². The van der Waals surface area contributed by atoms with Crippen LogP contribution in [0.3, 0.4) is 0 Å². The third-order valence-corrected chi connectivity index (χ3v) is 2.48. The monoisotopic (exact) mass is 237 g/mol. The van der Waals surface area contributed by atoms with E-state index in [4.69, 9.17) is 4.74 Å². The van der Waals surface area contributed by atoms with Gasteiger partial charge in [-0.2, -0.15) is 0 Å². The quantitative estimate of drug-likeness (QED) is 0.639. The average Bonchev–Trinajstić information content (AvgIpc) is 2.49. The van der Waals surface area contributed by atoms with Crippen molar-refractivity contribution in [2.75, 3.05) is 7.11 Å². The SMILES string of the molecule is COc1ccc2cccnc2c1.c1ccccc1. The summed E-state index contributed by atoms with van der Waals surface area (Å²) in [5, 5.41) is 1.14. The van der Waals surface area contributed by atoms with E-state index in [1.165, 1.54) is 0 Å². The first-order valence-electron chi connectivity index (χ1n) is 5.79. The van der Waals surface area contributed by atoms with Gasteiger partial charge in [0, 0.05) is 17.6 Å². The molecule has 0 aliphatic rings. The van der Waals surface area contributed by atoms with Crippen LogP contribution in [0.5, 0.6) is 5.75 Å². The van der Waals surface area contributed by atoms with Crippen LogP contribution in [-0.2, 0) is 0 Å². The molecule has 2 nitrogen and oxygen atoms in total. The molecule has 0 atom stereocenters. The normalized spacial score (nSPS) is 9.39. The van der Waals surface area contributed by atoms with Crippen molar-refractivity contribution in [3.63, 3.8) is 0 Å². The summed E-state index contributed by atoms with van der Waals surface area (Å²) < 4.78 is 5.08. The smallest absolute Gasteiger partial charge is 0.121 e. The lowest BCUT2D eigenvalue weighted by molar-refractivity contribution is 0.415. The first kappa shape index (κ1) is 12.1. The molecule has 1 aromatic heterocycles. The zero-order valence-electron chi connectivity index (χ0n) is 10.3. The number of fused-ring (bicyclic) bond motifs is 1. The highest BCUT2D eigenvalue weighted by Gasteiger charge is 1.94. The number of methoxy groups -OCH3 is 1. The minimum Gasteiger partial charge on any atom is -0.497 e. The van der Waals surface area contributed by atoms with Crippen molar-refractivity contribution >= 4 is 10.9 Å². The molecule has 0 radical (unpaired) electrons. The third-order valence-electron chi connectivity index (χ3n) is 2.48. The first-order valence-corrected chi connectivity index (χ1v) is 5.79. The Hall–Kier alpha value is -2.35. The molecule has 1 heterocycles. The molecule has 0 saturated carbocycles. The van der Waals surface area contributed by atoms with Gasteiger partial charge in [-0.05, 0) is 18.2 Å². The van der Waals surface area contributed by atoms with Gasteiger partial charge in [-0.1, -0.05) is 42.5 Å². The summed E-state index contributed by atoms with van der Waals surface area (Å²) in [5.41, 5.74) is 0.969. The lowest BCUT2D eigenvalue weighted by atomic mass is 10.2. The number of hydrogen-bond acceptors (Lipinski definition) is 2. The van der Waals surface area contributed by atoms with Gasteiger partial charge < -0.3 is 4.74 Å². The van der Waals surface area contributed by atoms with Crippen LogP contribution in [0.2, 0.25) is 0 Å². The van der Waals surface area contributed by atoms with Crippen LogP contribution in [0.1, 0.15) is 0 Å². The fourth-order valence-corrected chi connectivity index (χ4v) is 1.56. The lowest BCUT2D eigenvalue weighted by Gasteiger charge is -2.00. The Labute approximate surface area is 107 Å². The third kappa shape index (κ3) is 3.32. The number of ether oxygens (including phenoxy) is 1. The van der Waals surface area contributed by atoms with Gasteiger partial charge in [-0.15, -0.1) is 0 Å². The summed E-state index contributed by atoms with van der Waals surface area (Å²) in [6.45, 7) is 0. The summed E-state index contributed by atoms with van der Waals surface area (Å²) in [4.78, 5) is 4.21. The van der Waals surface area contributed by atoms with Crippen LogP contribution < -0.4 is 4.74 Å². The molecule has 0 spiro atoms. The molecule has 0 saturated heterocycles. The second kappa shape index (κ2) is 6.40. The summed E-state index contributed by atoms with van der Waals surface area (Å²) in [6, 6.07) is 21.8. The average molecular weight is 237 g/mol. The van der Waals surface area contributed by atoms with Crippen LogP contribution in [0, 0.1) is 0 Å². The number of nitrogens with zero attached hydrogens (tertiary/aromatic N) is 1. The molecule has 0 unspecified atom stereocenters. The van der Waals surface area contributed by atoms with E-state index in [0.29, 0.717) is 0 Å². The van der Waals surface area contributed by atoms with E-state index in [1.54, 1.807) is 13.3 Å². The second-order valence-electron chi connectivity index (χ2n) is 3.72. The van der Waals surface area contributed by atoms with Crippen LogP contribution in [0.25, 0.3) is 10.9 Å². The Balaban J connectivity index is 0.000000169. The predicted molar refractivity (Wildman–Crippen MR) is 74.7 cm³/mol. The molecule has 0 aliphatic heterocycles. The van der Waals surface area contributed by atoms with Gasteiger partial charge >= 0.3 is 0 Å². The molecule has 0 aliphatic carbocycles. The van der Waals surface area contributed by atoms with E-state index in [-0.39, 0.29) is 0 Å². The van der Waals surface area contributed by atoms with Crippen LogP contribution in [0.15, 0.2) is 72.9 Å². The molecule has 3 rings (SSSR count). The Morgan fingerprint density at radius 3 is 2.11 bits per heavy atom. The zero-order chi connectivity index (χ0) is 12.6. The highest BCUT2D eigenvalue weighted by Crippen LogP contribution is 2.17. The van der Waals surface area contributed by atoms with Crippen molar-refractivity contribution in [3.8, 4) is 5.75 Å². The predicted octanol–water partition coefficient (Wildman–Crippen LogP) is 3.93. The Morgan fingerprint density at radius 1 is 0.833 bits per heavy atom. The zero-order valence-corrected chi connectivity index (χ0v) is 10.3. The van der Waals surface area contributed by atoms with E-state index >= 15 is 0 Å². The summed E-state index contributed by atoms with van der Waals surface area (Å²) >= 11 is 0. The molecule has 0 N–H and O–H groups in total. The number of pyridine rings is 1. The Morgan fingerprint density at radius 2 is 1.50 bits per heavy atom. The van der Waals surface area contributed by atoms with Crippen LogP contribution >= 0.6 is 0 Å². The molecule has 18 heavy (non-hydrogen) atoms. The first-order chi connectivity index (χ1) is 8.90. The molecule has 2 aromatic carbocycles. The van der Waals surface area contributed by atoms with Crippen molar-refractivity contribution in [1.82, 2.24) is 4.98 Å². The van der Waals surface area contributed by atoms with Crippen LogP contribution in [-0.4, -0.2) is 12.1 Å². The Bertz CT molecular complexity index is 566. The summed E-state index contributed by atoms with van der Waals surface area (Å²) in [7, 11) is 1.66. The molecule has 0 amide bonds. The highest BCUT2D eigenvalue weighted by atomic mass is 16.5. The summed E-state index contributed by atoms with van der Waals surface area (Å²) in [6.07, 6.45) is 1.78. The van der Waals surface area contributed by atoms with Gasteiger partial charge in [0.1, 0.15) is 5.75 Å². The lowest BCUT2D eigenvalue weighted by Crippen LogP contribution is -1.83. The molecule has 0 bridgehead atoms. The van der Waals surface area contributed by atoms with Crippen molar-refractivity contribution in [2.24, 2.45) is 0 Å². The molecular weight excluding hydrogens is 222 g/mol. The second-order valence-corrected chi connectivity index (χ2v) is 3.72. The minimum atomic E-state index is 0.848. The minimum absolute atomic E-state index is 0.848. The van der Waals surface area contributed by atoms with Gasteiger partial charge in [0.25, 0.3) is 0 Å². The van der Waals surface area contributed by atoms with E-state index in [1.807, 2.05) is 66.7 Å². The standard InChI is InChI=1S/C10H9NO.C6H6/c1-12-9-5-4-8-3-2-6-11-10(8)7-9;1-2-4-6-5-3-1/h2-7H,1H3;1-6H. The van der Waals surface area contributed by atoms with Crippen LogP contribution in [0.4, 0.5) is 0 Å². The molecular formula is C16H15NO.